The Morgan fingerprint density at radius 3 is 2.43 bits per heavy atom. The Morgan fingerprint density at radius 2 is 1.77 bits per heavy atom. The Labute approximate surface area is 177 Å². The zero-order chi connectivity index (χ0) is 21.3. The van der Waals surface area contributed by atoms with Crippen LogP contribution in [0.5, 0.6) is 11.5 Å². The third-order valence-corrected chi connectivity index (χ3v) is 4.93. The Morgan fingerprint density at radius 1 is 1.03 bits per heavy atom. The molecular formula is C23H28N4O3. The maximum atomic E-state index is 12.3. The highest BCUT2D eigenvalue weighted by Crippen LogP contribution is 2.27. The van der Waals surface area contributed by atoms with E-state index in [0.29, 0.717) is 24.6 Å². The summed E-state index contributed by atoms with van der Waals surface area (Å²) in [5.74, 6) is 1.39. The predicted molar refractivity (Wildman–Crippen MR) is 117 cm³/mol. The molecule has 1 N–H and O–H groups in total. The van der Waals surface area contributed by atoms with E-state index in [1.807, 2.05) is 47.3 Å². The SMILES string of the molecule is COc1ccc(CCN(C)C(=O)NCCc2ccc(-n3cccn3)cc2)cc1OC. The van der Waals surface area contributed by atoms with E-state index in [-0.39, 0.29) is 6.03 Å². The summed E-state index contributed by atoms with van der Waals surface area (Å²) in [6.07, 6.45) is 5.17. The molecule has 7 nitrogen and oxygen atoms in total. The number of nitrogens with zero attached hydrogens (tertiary/aromatic N) is 3. The van der Waals surface area contributed by atoms with Gasteiger partial charge in [0.05, 0.1) is 19.9 Å². The van der Waals surface area contributed by atoms with Crippen molar-refractivity contribution in [3.8, 4) is 17.2 Å². The van der Waals surface area contributed by atoms with Crippen LogP contribution in [0.2, 0.25) is 0 Å². The van der Waals surface area contributed by atoms with E-state index >= 15 is 0 Å². The summed E-state index contributed by atoms with van der Waals surface area (Å²) < 4.78 is 12.4. The number of hydrogen-bond donors (Lipinski definition) is 1. The van der Waals surface area contributed by atoms with Gasteiger partial charge < -0.3 is 19.7 Å². The minimum atomic E-state index is -0.0800. The predicted octanol–water partition coefficient (Wildman–Crippen LogP) is 3.32. The molecule has 30 heavy (non-hydrogen) atoms. The first-order chi connectivity index (χ1) is 14.6. The standard InChI is InChI=1S/C23H28N4O3/c1-26(16-12-19-7-10-21(29-2)22(17-19)30-3)23(28)24-14-11-18-5-8-20(9-6-18)27-15-4-13-25-27/h4-10,13,15,17H,11-12,14,16H2,1-3H3,(H,24,28). The summed E-state index contributed by atoms with van der Waals surface area (Å²) >= 11 is 0. The minimum Gasteiger partial charge on any atom is -0.493 e. The molecule has 158 valence electrons. The van der Waals surface area contributed by atoms with Crippen LogP contribution in [0.15, 0.2) is 60.9 Å². The minimum absolute atomic E-state index is 0.0800. The monoisotopic (exact) mass is 408 g/mol. The molecule has 0 saturated carbocycles. The second kappa shape index (κ2) is 10.3. The van der Waals surface area contributed by atoms with Crippen molar-refractivity contribution in [2.24, 2.45) is 0 Å². The quantitative estimate of drug-likeness (QED) is 0.590. The molecule has 0 saturated heterocycles. The van der Waals surface area contributed by atoms with Crippen LogP contribution in [0.25, 0.3) is 5.69 Å². The van der Waals surface area contributed by atoms with Crippen LogP contribution < -0.4 is 14.8 Å². The molecule has 3 rings (SSSR count). The number of likely N-dealkylation sites (N-methyl/N-ethyl adjacent to an activating group) is 1. The summed E-state index contributed by atoms with van der Waals surface area (Å²) in [6, 6.07) is 15.8. The second-order valence-corrected chi connectivity index (χ2v) is 6.96. The number of hydrogen-bond acceptors (Lipinski definition) is 4. The molecule has 3 aromatic rings. The van der Waals surface area contributed by atoms with Crippen molar-refractivity contribution in [2.75, 3.05) is 34.4 Å². The zero-order valence-electron chi connectivity index (χ0n) is 17.7. The Kier molecular flexibility index (Phi) is 7.32. The number of rotatable bonds is 9. The van der Waals surface area contributed by atoms with Gasteiger partial charge in [0.1, 0.15) is 0 Å². The lowest BCUT2D eigenvalue weighted by atomic mass is 10.1. The Hall–Kier alpha value is -3.48. The van der Waals surface area contributed by atoms with Crippen LogP contribution in [-0.4, -0.2) is 55.1 Å². The van der Waals surface area contributed by atoms with Crippen molar-refractivity contribution < 1.29 is 14.3 Å². The molecule has 0 atom stereocenters. The number of aromatic nitrogens is 2. The second-order valence-electron chi connectivity index (χ2n) is 6.96. The molecule has 0 aliphatic rings. The highest BCUT2D eigenvalue weighted by atomic mass is 16.5. The lowest BCUT2D eigenvalue weighted by Gasteiger charge is -2.18. The van der Waals surface area contributed by atoms with Crippen LogP contribution in [0.3, 0.4) is 0 Å². The fraction of sp³-hybridized carbons (Fsp3) is 0.304. The molecule has 1 heterocycles. The molecular weight excluding hydrogens is 380 g/mol. The molecule has 0 radical (unpaired) electrons. The molecule has 0 aliphatic carbocycles. The van der Waals surface area contributed by atoms with Crippen LogP contribution in [0, 0.1) is 0 Å². The smallest absolute Gasteiger partial charge is 0.317 e. The van der Waals surface area contributed by atoms with E-state index in [0.717, 1.165) is 24.1 Å². The molecule has 0 unspecified atom stereocenters. The van der Waals surface area contributed by atoms with E-state index in [1.54, 1.807) is 32.4 Å². The van der Waals surface area contributed by atoms with E-state index < -0.39 is 0 Å². The first kappa shape index (κ1) is 21.2. The van der Waals surface area contributed by atoms with Gasteiger partial charge in [-0.05, 0) is 54.3 Å². The number of carbonyl (C=O) groups excluding carboxylic acids is 1. The highest BCUT2D eigenvalue weighted by Gasteiger charge is 2.10. The normalized spacial score (nSPS) is 10.5. The largest absolute Gasteiger partial charge is 0.493 e. The Bertz CT molecular complexity index is 940. The van der Waals surface area contributed by atoms with Gasteiger partial charge >= 0.3 is 6.03 Å². The van der Waals surface area contributed by atoms with E-state index in [4.69, 9.17) is 9.47 Å². The van der Waals surface area contributed by atoms with E-state index in [9.17, 15) is 4.79 Å². The van der Waals surface area contributed by atoms with Gasteiger partial charge in [0, 0.05) is 32.5 Å². The van der Waals surface area contributed by atoms with Crippen molar-refractivity contribution in [3.63, 3.8) is 0 Å². The van der Waals surface area contributed by atoms with Crippen molar-refractivity contribution in [1.29, 1.82) is 0 Å². The number of carbonyl (C=O) groups is 1. The number of ether oxygens (including phenoxy) is 2. The van der Waals surface area contributed by atoms with Gasteiger partial charge in [0.25, 0.3) is 0 Å². The lowest BCUT2D eigenvalue weighted by Crippen LogP contribution is -2.39. The first-order valence-corrected chi connectivity index (χ1v) is 9.89. The third kappa shape index (κ3) is 5.53. The van der Waals surface area contributed by atoms with Crippen molar-refractivity contribution >= 4 is 6.03 Å². The first-order valence-electron chi connectivity index (χ1n) is 9.89. The van der Waals surface area contributed by atoms with Gasteiger partial charge in [-0.15, -0.1) is 0 Å². The maximum absolute atomic E-state index is 12.3. The van der Waals surface area contributed by atoms with E-state index in [1.165, 1.54) is 5.56 Å². The van der Waals surface area contributed by atoms with Gasteiger partial charge in [0.2, 0.25) is 0 Å². The van der Waals surface area contributed by atoms with Crippen LogP contribution in [-0.2, 0) is 12.8 Å². The van der Waals surface area contributed by atoms with Gasteiger partial charge in [-0.25, -0.2) is 9.48 Å². The molecule has 1 aromatic heterocycles. The average Bonchev–Trinajstić information content (AvgIpc) is 3.32. The van der Waals surface area contributed by atoms with Crippen molar-refractivity contribution in [1.82, 2.24) is 20.0 Å². The van der Waals surface area contributed by atoms with Crippen molar-refractivity contribution in [3.05, 3.63) is 72.1 Å². The summed E-state index contributed by atoms with van der Waals surface area (Å²) in [6.45, 7) is 1.19. The van der Waals surface area contributed by atoms with Gasteiger partial charge in [-0.1, -0.05) is 18.2 Å². The molecule has 0 fully saturated rings. The summed E-state index contributed by atoms with van der Waals surface area (Å²) in [4.78, 5) is 14.0. The van der Waals surface area contributed by atoms with Crippen LogP contribution in [0.1, 0.15) is 11.1 Å². The molecule has 0 aliphatic heterocycles. The molecule has 7 heteroatoms. The summed E-state index contributed by atoms with van der Waals surface area (Å²) in [5.41, 5.74) is 3.27. The average molecular weight is 409 g/mol. The molecule has 0 bridgehead atoms. The van der Waals surface area contributed by atoms with Crippen molar-refractivity contribution in [2.45, 2.75) is 12.8 Å². The molecule has 2 aromatic carbocycles. The Balaban J connectivity index is 1.42. The number of nitrogens with one attached hydrogen (secondary N) is 1. The fourth-order valence-electron chi connectivity index (χ4n) is 3.12. The van der Waals surface area contributed by atoms with Gasteiger partial charge in [-0.2, -0.15) is 5.10 Å². The van der Waals surface area contributed by atoms with Crippen LogP contribution >= 0.6 is 0 Å². The highest BCUT2D eigenvalue weighted by molar-refractivity contribution is 5.73. The maximum Gasteiger partial charge on any atom is 0.317 e. The third-order valence-electron chi connectivity index (χ3n) is 4.93. The van der Waals surface area contributed by atoms with Gasteiger partial charge in [0.15, 0.2) is 11.5 Å². The summed E-state index contributed by atoms with van der Waals surface area (Å²) in [7, 11) is 5.03. The number of amides is 2. The number of benzene rings is 2. The summed E-state index contributed by atoms with van der Waals surface area (Å²) in [5, 5.41) is 7.19. The number of urea groups is 1. The molecule has 2 amide bonds. The van der Waals surface area contributed by atoms with Crippen LogP contribution in [0.4, 0.5) is 4.79 Å². The lowest BCUT2D eigenvalue weighted by molar-refractivity contribution is 0.209. The zero-order valence-corrected chi connectivity index (χ0v) is 17.7. The fourth-order valence-corrected chi connectivity index (χ4v) is 3.12. The molecule has 0 spiro atoms. The topological polar surface area (TPSA) is 68.6 Å². The number of methoxy groups -OCH3 is 2. The van der Waals surface area contributed by atoms with Gasteiger partial charge in [-0.3, -0.25) is 0 Å². The van der Waals surface area contributed by atoms with E-state index in [2.05, 4.69) is 22.5 Å².